The van der Waals surface area contributed by atoms with E-state index in [-0.39, 0.29) is 5.89 Å². The second-order valence-electron chi connectivity index (χ2n) is 4.86. The molecule has 6 heteroatoms. The standard InChI is InChI=1S/C14H12F3NO2/c15-14(16,17)9-3-1-2-8(6-9)13-18-11-7-10(19)4-5-12(11)20-13/h1-3,6,10,19H,4-5,7H2. The molecule has 1 aromatic carbocycles. The molecule has 0 spiro atoms. The van der Waals surface area contributed by atoms with Crippen molar-refractivity contribution in [1.29, 1.82) is 0 Å². The van der Waals surface area contributed by atoms with Crippen LogP contribution in [0.2, 0.25) is 0 Å². The second kappa shape index (κ2) is 4.63. The molecule has 1 aromatic heterocycles. The number of nitrogens with zero attached hydrogens (tertiary/aromatic N) is 1. The summed E-state index contributed by atoms with van der Waals surface area (Å²) in [7, 11) is 0. The van der Waals surface area contributed by atoms with E-state index in [1.165, 1.54) is 12.1 Å². The highest BCUT2D eigenvalue weighted by atomic mass is 19.4. The Kier molecular flexibility index (Phi) is 3.05. The summed E-state index contributed by atoms with van der Waals surface area (Å²) in [6, 6.07) is 4.89. The Balaban J connectivity index is 1.98. The van der Waals surface area contributed by atoms with Crippen LogP contribution in [0.25, 0.3) is 11.5 Å². The Labute approximate surface area is 113 Å². The minimum absolute atomic E-state index is 0.176. The van der Waals surface area contributed by atoms with E-state index in [0.29, 0.717) is 36.3 Å². The fraction of sp³-hybridized carbons (Fsp3) is 0.357. The van der Waals surface area contributed by atoms with Gasteiger partial charge in [-0.25, -0.2) is 4.98 Å². The summed E-state index contributed by atoms with van der Waals surface area (Å²) in [5, 5.41) is 9.56. The van der Waals surface area contributed by atoms with Crippen LogP contribution < -0.4 is 0 Å². The first-order chi connectivity index (χ1) is 9.43. The topological polar surface area (TPSA) is 46.3 Å². The number of aliphatic hydroxyl groups is 1. The molecule has 1 aliphatic rings. The lowest BCUT2D eigenvalue weighted by Crippen LogP contribution is -2.17. The van der Waals surface area contributed by atoms with Gasteiger partial charge in [0.2, 0.25) is 5.89 Å². The second-order valence-corrected chi connectivity index (χ2v) is 4.86. The summed E-state index contributed by atoms with van der Waals surface area (Å²) in [5.74, 6) is 0.831. The predicted molar refractivity (Wildman–Crippen MR) is 65.0 cm³/mol. The maximum Gasteiger partial charge on any atom is 0.416 e. The first-order valence-corrected chi connectivity index (χ1v) is 6.28. The summed E-state index contributed by atoms with van der Waals surface area (Å²) in [4.78, 5) is 4.20. The number of benzene rings is 1. The SMILES string of the molecule is OC1CCc2oc(-c3cccc(C(F)(F)F)c3)nc2C1. The quantitative estimate of drug-likeness (QED) is 0.874. The number of oxazole rings is 1. The van der Waals surface area contributed by atoms with E-state index in [1.54, 1.807) is 0 Å². The fourth-order valence-corrected chi connectivity index (χ4v) is 2.31. The van der Waals surface area contributed by atoms with Crippen molar-refractivity contribution < 1.29 is 22.7 Å². The smallest absolute Gasteiger partial charge is 0.416 e. The minimum Gasteiger partial charge on any atom is -0.441 e. The molecular formula is C14H12F3NO2. The lowest BCUT2D eigenvalue weighted by atomic mass is 9.99. The van der Waals surface area contributed by atoms with Gasteiger partial charge in [-0.15, -0.1) is 0 Å². The zero-order valence-electron chi connectivity index (χ0n) is 10.4. The first-order valence-electron chi connectivity index (χ1n) is 6.28. The van der Waals surface area contributed by atoms with Crippen LogP contribution >= 0.6 is 0 Å². The number of hydrogen-bond acceptors (Lipinski definition) is 3. The van der Waals surface area contributed by atoms with E-state index in [1.807, 2.05) is 0 Å². The fourth-order valence-electron chi connectivity index (χ4n) is 2.31. The lowest BCUT2D eigenvalue weighted by molar-refractivity contribution is -0.137. The van der Waals surface area contributed by atoms with Gasteiger partial charge in [-0.3, -0.25) is 0 Å². The van der Waals surface area contributed by atoms with Crippen molar-refractivity contribution in [2.24, 2.45) is 0 Å². The Morgan fingerprint density at radius 1 is 1.30 bits per heavy atom. The van der Waals surface area contributed by atoms with E-state index in [0.717, 1.165) is 12.1 Å². The molecule has 106 valence electrons. The Hall–Kier alpha value is -1.82. The minimum atomic E-state index is -4.39. The summed E-state index contributed by atoms with van der Waals surface area (Å²) in [6.07, 6.45) is -3.31. The zero-order valence-corrected chi connectivity index (χ0v) is 10.4. The molecule has 20 heavy (non-hydrogen) atoms. The Morgan fingerprint density at radius 2 is 2.10 bits per heavy atom. The van der Waals surface area contributed by atoms with Gasteiger partial charge < -0.3 is 9.52 Å². The number of hydrogen-bond donors (Lipinski definition) is 1. The van der Waals surface area contributed by atoms with Crippen molar-refractivity contribution in [1.82, 2.24) is 4.98 Å². The lowest BCUT2D eigenvalue weighted by Gasteiger charge is -2.13. The molecule has 3 rings (SSSR count). The van der Waals surface area contributed by atoms with Crippen molar-refractivity contribution in [3.8, 4) is 11.5 Å². The molecule has 0 saturated carbocycles. The van der Waals surface area contributed by atoms with Crippen LogP contribution in [0.5, 0.6) is 0 Å². The molecule has 2 aromatic rings. The van der Waals surface area contributed by atoms with Crippen molar-refractivity contribution in [2.45, 2.75) is 31.5 Å². The molecule has 0 aliphatic heterocycles. The van der Waals surface area contributed by atoms with Crippen LogP contribution in [0.15, 0.2) is 28.7 Å². The van der Waals surface area contributed by atoms with Gasteiger partial charge in [0.05, 0.1) is 17.4 Å². The maximum absolute atomic E-state index is 12.7. The molecule has 1 heterocycles. The van der Waals surface area contributed by atoms with E-state index in [4.69, 9.17) is 4.42 Å². The van der Waals surface area contributed by atoms with Crippen LogP contribution in [0, 0.1) is 0 Å². The molecule has 1 aliphatic carbocycles. The largest absolute Gasteiger partial charge is 0.441 e. The van der Waals surface area contributed by atoms with E-state index in [2.05, 4.69) is 4.98 Å². The van der Waals surface area contributed by atoms with Gasteiger partial charge in [0, 0.05) is 18.4 Å². The summed E-state index contributed by atoms with van der Waals surface area (Å²) in [5.41, 5.74) is 0.200. The number of halogens is 3. The van der Waals surface area contributed by atoms with Gasteiger partial charge in [-0.2, -0.15) is 13.2 Å². The number of rotatable bonds is 1. The molecule has 3 nitrogen and oxygen atoms in total. The van der Waals surface area contributed by atoms with E-state index in [9.17, 15) is 18.3 Å². The van der Waals surface area contributed by atoms with Gasteiger partial charge in [-0.1, -0.05) is 6.07 Å². The number of aliphatic hydroxyl groups excluding tert-OH is 1. The van der Waals surface area contributed by atoms with Crippen molar-refractivity contribution in [3.63, 3.8) is 0 Å². The van der Waals surface area contributed by atoms with Gasteiger partial charge >= 0.3 is 6.18 Å². The van der Waals surface area contributed by atoms with E-state index < -0.39 is 17.8 Å². The van der Waals surface area contributed by atoms with Crippen molar-refractivity contribution in [2.75, 3.05) is 0 Å². The molecule has 0 saturated heterocycles. The normalized spacial score (nSPS) is 18.9. The molecule has 1 atom stereocenters. The summed E-state index contributed by atoms with van der Waals surface area (Å²) >= 11 is 0. The average molecular weight is 283 g/mol. The molecule has 1 unspecified atom stereocenters. The monoisotopic (exact) mass is 283 g/mol. The zero-order chi connectivity index (χ0) is 14.3. The summed E-state index contributed by atoms with van der Waals surface area (Å²) in [6.45, 7) is 0. The highest BCUT2D eigenvalue weighted by Gasteiger charge is 2.31. The van der Waals surface area contributed by atoms with Gasteiger partial charge in [0.25, 0.3) is 0 Å². The van der Waals surface area contributed by atoms with Gasteiger partial charge in [-0.05, 0) is 24.6 Å². The van der Waals surface area contributed by atoms with Crippen molar-refractivity contribution in [3.05, 3.63) is 41.3 Å². The highest BCUT2D eigenvalue weighted by molar-refractivity contribution is 5.55. The number of aryl methyl sites for hydroxylation is 1. The third-order valence-electron chi connectivity index (χ3n) is 3.35. The molecule has 0 amide bonds. The first kappa shape index (κ1) is 13.2. The third-order valence-corrected chi connectivity index (χ3v) is 3.35. The van der Waals surface area contributed by atoms with Crippen LogP contribution in [0.4, 0.5) is 13.2 Å². The average Bonchev–Trinajstić information content (AvgIpc) is 2.81. The summed E-state index contributed by atoms with van der Waals surface area (Å²) < 4.78 is 43.6. The van der Waals surface area contributed by atoms with Gasteiger partial charge in [0.15, 0.2) is 0 Å². The molecule has 1 N–H and O–H groups in total. The van der Waals surface area contributed by atoms with Gasteiger partial charge in [0.1, 0.15) is 5.76 Å². The van der Waals surface area contributed by atoms with Crippen LogP contribution in [-0.2, 0) is 19.0 Å². The Morgan fingerprint density at radius 3 is 2.85 bits per heavy atom. The Bertz CT molecular complexity index is 634. The van der Waals surface area contributed by atoms with Crippen LogP contribution in [0.1, 0.15) is 23.4 Å². The van der Waals surface area contributed by atoms with Crippen molar-refractivity contribution >= 4 is 0 Å². The predicted octanol–water partition coefficient (Wildman–Crippen LogP) is 3.21. The molecule has 0 fully saturated rings. The number of fused-ring (bicyclic) bond motifs is 1. The molecular weight excluding hydrogens is 271 g/mol. The van der Waals surface area contributed by atoms with Crippen LogP contribution in [0.3, 0.4) is 0 Å². The molecule has 0 radical (unpaired) electrons. The van der Waals surface area contributed by atoms with Crippen LogP contribution in [-0.4, -0.2) is 16.2 Å². The number of aromatic nitrogens is 1. The van der Waals surface area contributed by atoms with E-state index >= 15 is 0 Å². The maximum atomic E-state index is 12.7. The third kappa shape index (κ3) is 2.43. The molecule has 0 bridgehead atoms. The number of alkyl halides is 3. The highest BCUT2D eigenvalue weighted by Crippen LogP contribution is 2.33.